The van der Waals surface area contributed by atoms with E-state index in [0.717, 1.165) is 13.0 Å². The number of halogens is 3. The summed E-state index contributed by atoms with van der Waals surface area (Å²) in [6.45, 7) is 1.43. The molecule has 1 aliphatic heterocycles. The maximum absolute atomic E-state index is 12.2. The van der Waals surface area contributed by atoms with E-state index in [-0.39, 0.29) is 21.0 Å². The smallest absolute Gasteiger partial charge is 0.242 e. The van der Waals surface area contributed by atoms with Gasteiger partial charge in [-0.1, -0.05) is 23.2 Å². The van der Waals surface area contributed by atoms with Crippen molar-refractivity contribution in [3.05, 3.63) is 26.7 Å². The Labute approximate surface area is 124 Å². The molecule has 1 heterocycles. The maximum Gasteiger partial charge on any atom is 0.242 e. The van der Waals surface area contributed by atoms with Crippen molar-refractivity contribution in [1.82, 2.24) is 10.0 Å². The number of benzene rings is 1. The normalized spacial score (nSPS) is 20.3. The largest absolute Gasteiger partial charge is 0.315 e. The first-order valence-electron chi connectivity index (χ1n) is 5.28. The van der Waals surface area contributed by atoms with E-state index in [9.17, 15) is 8.42 Å². The first-order chi connectivity index (χ1) is 8.42. The van der Waals surface area contributed by atoms with Crippen molar-refractivity contribution in [2.75, 3.05) is 13.1 Å². The molecule has 100 valence electrons. The fourth-order valence-corrected chi connectivity index (χ4v) is 4.24. The number of rotatable bonds is 3. The molecular formula is C10H11BrCl2N2O2S. The third-order valence-corrected chi connectivity index (χ3v) is 6.12. The van der Waals surface area contributed by atoms with Gasteiger partial charge in [0.05, 0.1) is 10.0 Å². The Bertz CT molecular complexity index is 559. The number of nitrogens with one attached hydrogen (secondary N) is 2. The van der Waals surface area contributed by atoms with Crippen molar-refractivity contribution in [2.24, 2.45) is 0 Å². The van der Waals surface area contributed by atoms with Crippen LogP contribution >= 0.6 is 39.1 Å². The molecule has 0 aromatic heterocycles. The van der Waals surface area contributed by atoms with E-state index >= 15 is 0 Å². The highest BCUT2D eigenvalue weighted by Crippen LogP contribution is 2.35. The van der Waals surface area contributed by atoms with Crippen molar-refractivity contribution in [3.63, 3.8) is 0 Å². The van der Waals surface area contributed by atoms with Gasteiger partial charge in [0.25, 0.3) is 0 Å². The molecule has 18 heavy (non-hydrogen) atoms. The summed E-state index contributed by atoms with van der Waals surface area (Å²) < 4.78 is 27.5. The standard InChI is InChI=1S/C10H11BrCl2N2O2S/c11-7-1-2-8(10(13)9(7)12)18(16,17)15-6-3-4-14-5-6/h1-2,6,14-15H,3-5H2. The van der Waals surface area contributed by atoms with Crippen molar-refractivity contribution in [2.45, 2.75) is 17.4 Å². The minimum Gasteiger partial charge on any atom is -0.315 e. The quantitative estimate of drug-likeness (QED) is 0.800. The zero-order chi connectivity index (χ0) is 13.3. The lowest BCUT2D eigenvalue weighted by Gasteiger charge is -2.13. The molecule has 0 radical (unpaired) electrons. The fraction of sp³-hybridized carbons (Fsp3) is 0.400. The molecule has 2 rings (SSSR count). The minimum absolute atomic E-state index is 0.00395. The van der Waals surface area contributed by atoms with Gasteiger partial charge >= 0.3 is 0 Å². The van der Waals surface area contributed by atoms with Gasteiger partial charge in [0.2, 0.25) is 10.0 Å². The highest BCUT2D eigenvalue weighted by molar-refractivity contribution is 9.10. The van der Waals surface area contributed by atoms with Crippen LogP contribution < -0.4 is 10.0 Å². The summed E-state index contributed by atoms with van der Waals surface area (Å²) in [6, 6.07) is 2.90. The van der Waals surface area contributed by atoms with E-state index in [1.54, 1.807) is 6.07 Å². The van der Waals surface area contributed by atoms with Crippen LogP contribution in [0.25, 0.3) is 0 Å². The van der Waals surface area contributed by atoms with E-state index in [1.807, 2.05) is 0 Å². The van der Waals surface area contributed by atoms with Gasteiger partial charge in [-0.25, -0.2) is 13.1 Å². The average molecular weight is 374 g/mol. The summed E-state index contributed by atoms with van der Waals surface area (Å²) in [7, 11) is -3.64. The van der Waals surface area contributed by atoms with Crippen LogP contribution in [-0.2, 0) is 10.0 Å². The van der Waals surface area contributed by atoms with Gasteiger partial charge in [0, 0.05) is 17.1 Å². The summed E-state index contributed by atoms with van der Waals surface area (Å²) in [5.74, 6) is 0. The van der Waals surface area contributed by atoms with Crippen molar-refractivity contribution in [1.29, 1.82) is 0 Å². The summed E-state index contributed by atoms with van der Waals surface area (Å²) >= 11 is 15.1. The van der Waals surface area contributed by atoms with E-state index in [4.69, 9.17) is 23.2 Å². The van der Waals surface area contributed by atoms with Crippen LogP contribution in [0.3, 0.4) is 0 Å². The Balaban J connectivity index is 2.32. The lowest BCUT2D eigenvalue weighted by molar-refractivity contribution is 0.560. The molecule has 0 saturated carbocycles. The maximum atomic E-state index is 12.2. The molecule has 1 unspecified atom stereocenters. The molecule has 1 saturated heterocycles. The van der Waals surface area contributed by atoms with E-state index < -0.39 is 10.0 Å². The molecule has 1 aliphatic rings. The lowest BCUT2D eigenvalue weighted by Crippen LogP contribution is -2.36. The van der Waals surface area contributed by atoms with Crippen molar-refractivity contribution < 1.29 is 8.42 Å². The van der Waals surface area contributed by atoms with Crippen LogP contribution in [0.1, 0.15) is 6.42 Å². The Hall–Kier alpha value is 0.150. The highest BCUT2D eigenvalue weighted by Gasteiger charge is 2.25. The molecule has 1 aromatic carbocycles. The lowest BCUT2D eigenvalue weighted by atomic mass is 10.3. The van der Waals surface area contributed by atoms with Crippen LogP contribution in [0.15, 0.2) is 21.5 Å². The van der Waals surface area contributed by atoms with Crippen LogP contribution in [0.5, 0.6) is 0 Å². The molecule has 1 fully saturated rings. The van der Waals surface area contributed by atoms with Gasteiger partial charge in [0.1, 0.15) is 4.90 Å². The first-order valence-corrected chi connectivity index (χ1v) is 8.31. The topological polar surface area (TPSA) is 58.2 Å². The Morgan fingerprint density at radius 1 is 1.33 bits per heavy atom. The second-order valence-electron chi connectivity index (χ2n) is 3.98. The average Bonchev–Trinajstić information content (AvgIpc) is 2.77. The molecule has 0 amide bonds. The van der Waals surface area contributed by atoms with Crippen LogP contribution in [0.4, 0.5) is 0 Å². The minimum atomic E-state index is -3.64. The Morgan fingerprint density at radius 3 is 2.67 bits per heavy atom. The number of hydrogen-bond donors (Lipinski definition) is 2. The summed E-state index contributed by atoms with van der Waals surface area (Å²) in [5.41, 5.74) is 0. The third kappa shape index (κ3) is 3.00. The molecule has 1 atom stereocenters. The molecule has 2 N–H and O–H groups in total. The summed E-state index contributed by atoms with van der Waals surface area (Å²) in [5, 5.41) is 3.32. The Morgan fingerprint density at radius 2 is 2.06 bits per heavy atom. The third-order valence-electron chi connectivity index (χ3n) is 2.67. The van der Waals surface area contributed by atoms with Gasteiger partial charge in [-0.15, -0.1) is 0 Å². The predicted molar refractivity (Wildman–Crippen MR) is 75.8 cm³/mol. The molecule has 0 bridgehead atoms. The van der Waals surface area contributed by atoms with Crippen molar-refractivity contribution in [3.8, 4) is 0 Å². The van der Waals surface area contributed by atoms with Gasteiger partial charge in [0.15, 0.2) is 0 Å². The Kier molecular flexibility index (Phi) is 4.57. The fourth-order valence-electron chi connectivity index (χ4n) is 1.75. The molecule has 1 aromatic rings. The first kappa shape index (κ1) is 14.6. The van der Waals surface area contributed by atoms with E-state index in [0.29, 0.717) is 11.0 Å². The number of hydrogen-bond acceptors (Lipinski definition) is 3. The molecule has 4 nitrogen and oxygen atoms in total. The van der Waals surface area contributed by atoms with E-state index in [1.165, 1.54) is 6.07 Å². The van der Waals surface area contributed by atoms with Crippen LogP contribution in [0.2, 0.25) is 10.0 Å². The van der Waals surface area contributed by atoms with E-state index in [2.05, 4.69) is 26.0 Å². The summed E-state index contributed by atoms with van der Waals surface area (Å²) in [4.78, 5) is 0.00395. The van der Waals surface area contributed by atoms with Gasteiger partial charge in [-0.3, -0.25) is 0 Å². The zero-order valence-electron chi connectivity index (χ0n) is 9.21. The van der Waals surface area contributed by atoms with Gasteiger partial charge < -0.3 is 5.32 Å². The van der Waals surface area contributed by atoms with Gasteiger partial charge in [-0.2, -0.15) is 0 Å². The monoisotopic (exact) mass is 372 g/mol. The molecule has 0 spiro atoms. The SMILES string of the molecule is O=S(=O)(NC1CCNC1)c1ccc(Br)c(Cl)c1Cl. The zero-order valence-corrected chi connectivity index (χ0v) is 13.1. The molecular weight excluding hydrogens is 363 g/mol. The molecule has 0 aliphatic carbocycles. The second kappa shape index (κ2) is 5.64. The molecule has 8 heteroatoms. The van der Waals surface area contributed by atoms with Crippen LogP contribution in [0, 0.1) is 0 Å². The summed E-state index contributed by atoms with van der Waals surface area (Å²) in [6.07, 6.45) is 0.765. The van der Waals surface area contributed by atoms with Crippen LogP contribution in [-0.4, -0.2) is 27.5 Å². The van der Waals surface area contributed by atoms with Gasteiger partial charge in [-0.05, 0) is 41.0 Å². The highest BCUT2D eigenvalue weighted by atomic mass is 79.9. The second-order valence-corrected chi connectivity index (χ2v) is 7.28. The van der Waals surface area contributed by atoms with Crippen molar-refractivity contribution >= 4 is 49.2 Å². The predicted octanol–water partition coefficient (Wildman–Crippen LogP) is 2.40. The number of sulfonamides is 1.